The second-order valence-electron chi connectivity index (χ2n) is 15.8. The molecule has 1 saturated heterocycles. The first-order valence-corrected chi connectivity index (χ1v) is 19.2. The van der Waals surface area contributed by atoms with Crippen molar-refractivity contribution >= 4 is 41.3 Å². The molecular weight excluding hydrogens is 757 g/mol. The van der Waals surface area contributed by atoms with E-state index in [4.69, 9.17) is 52.1 Å². The number of rotatable bonds is 8. The summed E-state index contributed by atoms with van der Waals surface area (Å²) in [5, 5.41) is 3.81. The maximum Gasteiger partial charge on any atom is 0.410 e. The van der Waals surface area contributed by atoms with E-state index in [1.807, 2.05) is 102 Å². The highest BCUT2D eigenvalue weighted by Gasteiger charge is 2.30. The zero-order valence-corrected chi connectivity index (χ0v) is 34.2. The van der Waals surface area contributed by atoms with Gasteiger partial charge in [0.1, 0.15) is 17.8 Å². The Labute approximate surface area is 337 Å². The number of hydrogen-bond acceptors (Lipinski definition) is 9. The predicted octanol–water partition coefficient (Wildman–Crippen LogP) is 8.94. The molecule has 0 aliphatic carbocycles. The normalized spacial score (nSPS) is 15.6. The maximum absolute atomic E-state index is 13.3. The van der Waals surface area contributed by atoms with Gasteiger partial charge in [0.05, 0.1) is 48.2 Å². The molecule has 1 N–H and O–H groups in total. The van der Waals surface area contributed by atoms with Crippen molar-refractivity contribution in [2.24, 2.45) is 0 Å². The van der Waals surface area contributed by atoms with Crippen LogP contribution < -0.4 is 14.8 Å². The number of carbonyl (C=O) groups is 3. The fraction of sp³-hybridized carbons (Fsp3) is 0.405. The lowest BCUT2D eigenvalue weighted by Crippen LogP contribution is -2.43. The summed E-state index contributed by atoms with van der Waals surface area (Å²) in [4.78, 5) is 50.8. The number of nitrogens with zero attached hydrogens (tertiary/aromatic N) is 4. The maximum atomic E-state index is 13.3. The Morgan fingerprint density at radius 3 is 2.07 bits per heavy atom. The van der Waals surface area contributed by atoms with Gasteiger partial charge in [-0.3, -0.25) is 4.79 Å². The van der Waals surface area contributed by atoms with Crippen LogP contribution in [0.4, 0.5) is 9.59 Å². The number of carbonyl (C=O) groups excluding carboxylic acids is 3. The Kier molecular flexibility index (Phi) is 12.0. The summed E-state index contributed by atoms with van der Waals surface area (Å²) in [5.74, 6) is 0.710. The standard InChI is InChI=1S/C42H47Cl2N5O7/c1-41(2,3)55-39(51)48-20-21-54-38-26(22-48)15-18-33(47-38)31-13-9-11-29(36(31)44)28-10-8-12-30(35(28)43)32-17-14-25(37(46-32)53-7)23-49(40(52)56-42(4,5)6)24-27-16-19-34(50)45-27/h8-15,17-18,27H,16,19-24H2,1-7H3,(H,45,50)/t27-/m0/s1. The SMILES string of the molecule is COc1nc(-c2cccc(-c3cccc(-c4ccc5c(n4)OCCN(C(=O)OC(C)(C)C)C5)c3Cl)c2Cl)ccc1CN(C[C@@H]1CCC(=O)N1)C(=O)OC(C)(C)C. The van der Waals surface area contributed by atoms with Gasteiger partial charge >= 0.3 is 12.2 Å². The van der Waals surface area contributed by atoms with Crippen molar-refractivity contribution in [3.05, 3.63) is 81.8 Å². The molecule has 2 aromatic heterocycles. The highest BCUT2D eigenvalue weighted by atomic mass is 35.5. The third kappa shape index (κ3) is 9.65. The van der Waals surface area contributed by atoms with Gasteiger partial charge in [-0.2, -0.15) is 0 Å². The largest absolute Gasteiger partial charge is 0.481 e. The molecule has 4 heterocycles. The van der Waals surface area contributed by atoms with Gasteiger partial charge in [0.25, 0.3) is 0 Å². The lowest BCUT2D eigenvalue weighted by Gasteiger charge is -2.29. The zero-order valence-electron chi connectivity index (χ0n) is 32.7. The summed E-state index contributed by atoms with van der Waals surface area (Å²) in [7, 11) is 1.52. The second-order valence-corrected chi connectivity index (χ2v) is 16.5. The van der Waals surface area contributed by atoms with E-state index in [2.05, 4.69) is 5.32 Å². The molecule has 0 spiro atoms. The number of pyridine rings is 2. The highest BCUT2D eigenvalue weighted by Crippen LogP contribution is 2.42. The van der Waals surface area contributed by atoms with Crippen LogP contribution in [0, 0.1) is 0 Å². The van der Waals surface area contributed by atoms with Crippen LogP contribution in [0.2, 0.25) is 10.0 Å². The monoisotopic (exact) mass is 803 g/mol. The molecule has 0 unspecified atom stereocenters. The van der Waals surface area contributed by atoms with Gasteiger partial charge in [0.2, 0.25) is 17.7 Å². The molecule has 0 radical (unpaired) electrons. The summed E-state index contributed by atoms with van der Waals surface area (Å²) in [6.45, 7) is 12.3. The first-order valence-electron chi connectivity index (χ1n) is 18.5. The Hall–Kier alpha value is -5.07. The van der Waals surface area contributed by atoms with E-state index >= 15 is 0 Å². The molecule has 2 aromatic carbocycles. The fourth-order valence-corrected chi connectivity index (χ4v) is 7.14. The molecule has 12 nitrogen and oxygen atoms in total. The third-order valence-electron chi connectivity index (χ3n) is 9.06. The van der Waals surface area contributed by atoms with E-state index in [0.717, 1.165) is 5.56 Å². The number of halogens is 2. The van der Waals surface area contributed by atoms with Crippen LogP contribution in [-0.2, 0) is 27.4 Å². The summed E-state index contributed by atoms with van der Waals surface area (Å²) in [6.07, 6.45) is 0.134. The molecule has 4 aromatic rings. The van der Waals surface area contributed by atoms with Crippen molar-refractivity contribution in [2.45, 2.75) is 84.7 Å². The van der Waals surface area contributed by atoms with Crippen LogP contribution >= 0.6 is 23.2 Å². The Morgan fingerprint density at radius 1 is 0.875 bits per heavy atom. The van der Waals surface area contributed by atoms with Gasteiger partial charge in [-0.1, -0.05) is 59.6 Å². The van der Waals surface area contributed by atoms with E-state index in [-0.39, 0.29) is 31.6 Å². The van der Waals surface area contributed by atoms with Crippen LogP contribution in [-0.4, -0.2) is 81.9 Å². The second kappa shape index (κ2) is 16.6. The van der Waals surface area contributed by atoms with Crippen molar-refractivity contribution in [3.8, 4) is 45.4 Å². The molecular formula is C42H47Cl2N5O7. The Morgan fingerprint density at radius 2 is 1.48 bits per heavy atom. The highest BCUT2D eigenvalue weighted by molar-refractivity contribution is 6.39. The van der Waals surface area contributed by atoms with Crippen molar-refractivity contribution in [2.75, 3.05) is 26.8 Å². The summed E-state index contributed by atoms with van der Waals surface area (Å²) in [6, 6.07) is 18.5. The molecule has 14 heteroatoms. The summed E-state index contributed by atoms with van der Waals surface area (Å²) in [5.41, 5.74) is 3.97. The quantitative estimate of drug-likeness (QED) is 0.185. The molecule has 56 heavy (non-hydrogen) atoms. The molecule has 0 saturated carbocycles. The molecule has 2 aliphatic rings. The van der Waals surface area contributed by atoms with E-state index in [0.29, 0.717) is 86.9 Å². The minimum absolute atomic E-state index is 0.0373. The Bertz CT molecular complexity index is 2130. The van der Waals surface area contributed by atoms with Crippen molar-refractivity contribution in [3.63, 3.8) is 0 Å². The van der Waals surface area contributed by atoms with E-state index in [1.54, 1.807) is 9.80 Å². The first-order chi connectivity index (χ1) is 26.5. The lowest BCUT2D eigenvalue weighted by molar-refractivity contribution is -0.119. The minimum atomic E-state index is -0.706. The number of ether oxygens (including phenoxy) is 4. The summed E-state index contributed by atoms with van der Waals surface area (Å²) >= 11 is 14.3. The van der Waals surface area contributed by atoms with Crippen LogP contribution in [0.25, 0.3) is 33.6 Å². The number of benzene rings is 2. The molecule has 2 aliphatic heterocycles. The number of hydrogen-bond donors (Lipinski definition) is 1. The predicted molar refractivity (Wildman–Crippen MR) is 215 cm³/mol. The topological polar surface area (TPSA) is 132 Å². The number of methoxy groups -OCH3 is 1. The molecule has 0 bridgehead atoms. The van der Waals surface area contributed by atoms with Crippen LogP contribution in [0.5, 0.6) is 11.8 Å². The van der Waals surface area contributed by atoms with Crippen LogP contribution in [0.15, 0.2) is 60.7 Å². The van der Waals surface area contributed by atoms with Crippen LogP contribution in [0.3, 0.4) is 0 Å². The number of fused-ring (bicyclic) bond motifs is 1. The average Bonchev–Trinajstić information content (AvgIpc) is 3.41. The smallest absolute Gasteiger partial charge is 0.410 e. The van der Waals surface area contributed by atoms with Gasteiger partial charge < -0.3 is 34.1 Å². The van der Waals surface area contributed by atoms with Gasteiger partial charge in [-0.05, 0) is 72.2 Å². The number of amides is 3. The van der Waals surface area contributed by atoms with Crippen molar-refractivity contribution < 1.29 is 33.3 Å². The fourth-order valence-electron chi connectivity index (χ4n) is 6.49. The van der Waals surface area contributed by atoms with Gasteiger partial charge in [0, 0.05) is 52.4 Å². The third-order valence-corrected chi connectivity index (χ3v) is 9.88. The van der Waals surface area contributed by atoms with E-state index in [1.165, 1.54) is 7.11 Å². The molecule has 296 valence electrons. The van der Waals surface area contributed by atoms with E-state index in [9.17, 15) is 14.4 Å². The van der Waals surface area contributed by atoms with Crippen molar-refractivity contribution in [1.29, 1.82) is 0 Å². The van der Waals surface area contributed by atoms with Gasteiger partial charge in [0.15, 0.2) is 0 Å². The van der Waals surface area contributed by atoms with Gasteiger partial charge in [-0.15, -0.1) is 0 Å². The van der Waals surface area contributed by atoms with Crippen molar-refractivity contribution in [1.82, 2.24) is 25.1 Å². The zero-order chi connectivity index (χ0) is 40.4. The number of aromatic nitrogens is 2. The minimum Gasteiger partial charge on any atom is -0.481 e. The molecule has 1 atom stereocenters. The van der Waals surface area contributed by atoms with Crippen LogP contribution in [0.1, 0.15) is 65.5 Å². The molecule has 3 amide bonds. The first kappa shape index (κ1) is 40.6. The average molecular weight is 805 g/mol. The molecule has 1 fully saturated rings. The molecule has 6 rings (SSSR count). The van der Waals surface area contributed by atoms with E-state index < -0.39 is 23.4 Å². The number of nitrogens with one attached hydrogen (secondary N) is 1. The lowest BCUT2D eigenvalue weighted by atomic mass is 9.98. The summed E-state index contributed by atoms with van der Waals surface area (Å²) < 4.78 is 23.0. The van der Waals surface area contributed by atoms with Gasteiger partial charge in [-0.25, -0.2) is 19.6 Å². The Balaban J connectivity index is 1.26.